The lowest BCUT2D eigenvalue weighted by atomic mass is 10.1. The van der Waals surface area contributed by atoms with Gasteiger partial charge in [-0.05, 0) is 55.7 Å². The number of rotatable bonds is 8. The summed E-state index contributed by atoms with van der Waals surface area (Å²) in [7, 11) is 0. The predicted molar refractivity (Wildman–Crippen MR) is 131 cm³/mol. The van der Waals surface area contributed by atoms with Crippen molar-refractivity contribution in [3.8, 4) is 11.5 Å². The third-order valence-corrected chi connectivity index (χ3v) is 5.44. The lowest BCUT2D eigenvalue weighted by Gasteiger charge is -2.13. The average Bonchev–Trinajstić information content (AvgIpc) is 3.06. The molecule has 6 nitrogen and oxygen atoms in total. The third kappa shape index (κ3) is 5.46. The fourth-order valence-electron chi connectivity index (χ4n) is 3.84. The van der Waals surface area contributed by atoms with Gasteiger partial charge in [-0.15, -0.1) is 0 Å². The first kappa shape index (κ1) is 23.1. The highest BCUT2D eigenvalue weighted by atomic mass is 16.5. The summed E-state index contributed by atoms with van der Waals surface area (Å²) in [5.41, 5.74) is 5.18. The molecule has 3 aromatic carbocycles. The predicted octanol–water partition coefficient (Wildman–Crippen LogP) is 5.37. The maximum atomic E-state index is 12.9. The molecule has 6 heteroatoms. The number of carbonyl (C=O) groups is 2. The Morgan fingerprint density at radius 1 is 0.853 bits per heavy atom. The molecule has 0 spiro atoms. The van der Waals surface area contributed by atoms with Crippen LogP contribution in [0.3, 0.4) is 0 Å². The van der Waals surface area contributed by atoms with Crippen molar-refractivity contribution in [1.82, 2.24) is 10.2 Å². The molecule has 1 saturated heterocycles. The van der Waals surface area contributed by atoms with Gasteiger partial charge in [-0.25, -0.2) is 4.79 Å². The Morgan fingerprint density at radius 2 is 1.56 bits per heavy atom. The molecule has 34 heavy (non-hydrogen) atoms. The Bertz CT molecular complexity index is 1250. The number of hydrogen-bond acceptors (Lipinski definition) is 4. The number of carbonyl (C=O) groups excluding carboxylic acids is 2. The van der Waals surface area contributed by atoms with E-state index in [1.807, 2.05) is 81.4 Å². The van der Waals surface area contributed by atoms with Gasteiger partial charge >= 0.3 is 6.03 Å². The molecular formula is C28H28N2O4. The minimum absolute atomic E-state index is 0.222. The number of ether oxygens (including phenoxy) is 2. The molecule has 1 heterocycles. The summed E-state index contributed by atoms with van der Waals surface area (Å²) in [6, 6.07) is 20.9. The van der Waals surface area contributed by atoms with Crippen LogP contribution in [0.15, 0.2) is 72.4 Å². The van der Waals surface area contributed by atoms with E-state index < -0.39 is 6.03 Å². The molecule has 4 rings (SSSR count). The molecule has 0 radical (unpaired) electrons. The van der Waals surface area contributed by atoms with Gasteiger partial charge in [0.1, 0.15) is 12.3 Å². The molecule has 174 valence electrons. The molecule has 0 atom stereocenters. The van der Waals surface area contributed by atoms with E-state index >= 15 is 0 Å². The van der Waals surface area contributed by atoms with Crippen LogP contribution >= 0.6 is 0 Å². The molecule has 1 N–H and O–H groups in total. The van der Waals surface area contributed by atoms with E-state index in [1.165, 1.54) is 10.5 Å². The first-order chi connectivity index (χ1) is 16.4. The molecule has 0 saturated carbocycles. The van der Waals surface area contributed by atoms with Gasteiger partial charge in [-0.2, -0.15) is 0 Å². The maximum Gasteiger partial charge on any atom is 0.329 e. The van der Waals surface area contributed by atoms with Crippen LogP contribution in [0.2, 0.25) is 0 Å². The number of urea groups is 1. The molecule has 1 fully saturated rings. The summed E-state index contributed by atoms with van der Waals surface area (Å²) in [5, 5.41) is 2.68. The molecule has 3 aromatic rings. The quantitative estimate of drug-likeness (QED) is 0.365. The number of benzene rings is 3. The van der Waals surface area contributed by atoms with E-state index in [-0.39, 0.29) is 18.1 Å². The minimum atomic E-state index is -0.430. The zero-order valence-electron chi connectivity index (χ0n) is 19.6. The second kappa shape index (κ2) is 10.3. The highest BCUT2D eigenvalue weighted by Crippen LogP contribution is 2.30. The van der Waals surface area contributed by atoms with Crippen LogP contribution < -0.4 is 14.8 Å². The summed E-state index contributed by atoms with van der Waals surface area (Å²) in [6.07, 6.45) is 1.66. The summed E-state index contributed by atoms with van der Waals surface area (Å²) in [4.78, 5) is 26.6. The van der Waals surface area contributed by atoms with Crippen LogP contribution in [0, 0.1) is 13.8 Å². The molecule has 0 aliphatic carbocycles. The largest absolute Gasteiger partial charge is 0.490 e. The van der Waals surface area contributed by atoms with Crippen molar-refractivity contribution >= 4 is 18.0 Å². The zero-order valence-corrected chi connectivity index (χ0v) is 19.6. The van der Waals surface area contributed by atoms with Crippen LogP contribution in [0.1, 0.15) is 34.7 Å². The van der Waals surface area contributed by atoms with Gasteiger partial charge in [-0.1, -0.05) is 65.7 Å². The molecule has 3 amide bonds. The Kier molecular flexibility index (Phi) is 6.97. The second-order valence-corrected chi connectivity index (χ2v) is 8.29. The van der Waals surface area contributed by atoms with Crippen molar-refractivity contribution in [2.75, 3.05) is 6.61 Å². The Hall–Kier alpha value is -4.06. The van der Waals surface area contributed by atoms with Crippen molar-refractivity contribution in [3.05, 3.63) is 100 Å². The Balaban J connectivity index is 1.51. The summed E-state index contributed by atoms with van der Waals surface area (Å²) in [6.45, 7) is 7.04. The van der Waals surface area contributed by atoms with Gasteiger partial charge in [0.05, 0.1) is 13.2 Å². The fourth-order valence-corrected chi connectivity index (χ4v) is 3.84. The van der Waals surface area contributed by atoms with Crippen molar-refractivity contribution in [1.29, 1.82) is 0 Å². The van der Waals surface area contributed by atoms with E-state index in [4.69, 9.17) is 9.47 Å². The van der Waals surface area contributed by atoms with Crippen LogP contribution in [0.5, 0.6) is 11.5 Å². The summed E-state index contributed by atoms with van der Waals surface area (Å²) >= 11 is 0. The van der Waals surface area contributed by atoms with Crippen LogP contribution in [-0.4, -0.2) is 23.4 Å². The smallest absolute Gasteiger partial charge is 0.329 e. The second-order valence-electron chi connectivity index (χ2n) is 8.29. The van der Waals surface area contributed by atoms with Crippen molar-refractivity contribution in [2.45, 2.75) is 33.9 Å². The van der Waals surface area contributed by atoms with Crippen LogP contribution in [0.25, 0.3) is 6.08 Å². The third-order valence-electron chi connectivity index (χ3n) is 5.44. The first-order valence-corrected chi connectivity index (χ1v) is 11.3. The number of amides is 3. The van der Waals surface area contributed by atoms with E-state index in [0.29, 0.717) is 24.7 Å². The lowest BCUT2D eigenvalue weighted by Crippen LogP contribution is -2.30. The van der Waals surface area contributed by atoms with E-state index in [2.05, 4.69) is 11.4 Å². The van der Waals surface area contributed by atoms with Crippen LogP contribution in [-0.2, 0) is 17.9 Å². The molecule has 1 aliphatic heterocycles. The van der Waals surface area contributed by atoms with E-state index in [9.17, 15) is 9.59 Å². The minimum Gasteiger partial charge on any atom is -0.490 e. The van der Waals surface area contributed by atoms with Crippen LogP contribution in [0.4, 0.5) is 4.79 Å². The maximum absolute atomic E-state index is 12.9. The monoisotopic (exact) mass is 456 g/mol. The summed E-state index contributed by atoms with van der Waals surface area (Å²) in [5.74, 6) is 0.843. The van der Waals surface area contributed by atoms with Gasteiger partial charge in [0.2, 0.25) is 0 Å². The Labute approximate surface area is 199 Å². The van der Waals surface area contributed by atoms with E-state index in [0.717, 1.165) is 22.3 Å². The van der Waals surface area contributed by atoms with Gasteiger partial charge < -0.3 is 14.8 Å². The topological polar surface area (TPSA) is 67.9 Å². The van der Waals surface area contributed by atoms with Gasteiger partial charge in [-0.3, -0.25) is 9.69 Å². The molecular weight excluding hydrogens is 428 g/mol. The average molecular weight is 457 g/mol. The lowest BCUT2D eigenvalue weighted by molar-refractivity contribution is -0.123. The molecule has 0 unspecified atom stereocenters. The molecule has 0 bridgehead atoms. The zero-order chi connectivity index (χ0) is 24.1. The highest BCUT2D eigenvalue weighted by Gasteiger charge is 2.33. The SMILES string of the molecule is CCOc1cc(/C=C2/NC(=O)N(Cc3cccc(C)c3)C2=O)ccc1OCc1cccc(C)c1. The van der Waals surface area contributed by atoms with E-state index in [1.54, 1.807) is 6.08 Å². The standard InChI is InChI=1S/C28H28N2O4/c1-4-33-26-16-21(11-12-25(26)34-18-23-10-6-8-20(3)14-23)15-24-27(31)30(28(32)29-24)17-22-9-5-7-19(2)13-22/h5-16H,4,17-18H2,1-3H3,(H,29,32)/b24-15+. The summed E-state index contributed by atoms with van der Waals surface area (Å²) < 4.78 is 11.8. The number of nitrogens with zero attached hydrogens (tertiary/aromatic N) is 1. The van der Waals surface area contributed by atoms with Gasteiger partial charge in [0.15, 0.2) is 11.5 Å². The van der Waals surface area contributed by atoms with Crippen molar-refractivity contribution in [2.24, 2.45) is 0 Å². The normalized spacial score (nSPS) is 14.4. The van der Waals surface area contributed by atoms with Crippen molar-refractivity contribution in [3.63, 3.8) is 0 Å². The number of hydrogen-bond donors (Lipinski definition) is 1. The number of aryl methyl sites for hydroxylation is 2. The van der Waals surface area contributed by atoms with Gasteiger partial charge in [0, 0.05) is 0 Å². The molecule has 1 aliphatic rings. The van der Waals surface area contributed by atoms with Gasteiger partial charge in [0.25, 0.3) is 5.91 Å². The van der Waals surface area contributed by atoms with Crippen molar-refractivity contribution < 1.29 is 19.1 Å². The fraction of sp³-hybridized carbons (Fsp3) is 0.214. The molecule has 0 aromatic heterocycles. The first-order valence-electron chi connectivity index (χ1n) is 11.3. The number of imide groups is 1. The number of nitrogens with one attached hydrogen (secondary N) is 1. The highest BCUT2D eigenvalue weighted by molar-refractivity contribution is 6.13. The Morgan fingerprint density at radius 3 is 2.26 bits per heavy atom.